The molecule has 3 heteroatoms. The van der Waals surface area contributed by atoms with Crippen LogP contribution < -0.4 is 10.1 Å². The summed E-state index contributed by atoms with van der Waals surface area (Å²) < 4.78 is 6.57. The number of carbonyl (C=O) groups excluding carboxylic acids is 1. The molecule has 2 aliphatic heterocycles. The normalized spacial score (nSPS) is 18.4. The molecule has 0 radical (unpaired) electrons. The summed E-state index contributed by atoms with van der Waals surface area (Å²) in [4.78, 5) is 13.9. The third kappa shape index (κ3) is 1.96. The van der Waals surface area contributed by atoms with E-state index in [9.17, 15) is 4.79 Å². The van der Waals surface area contributed by atoms with Gasteiger partial charge in [-0.25, -0.2) is 0 Å². The fourth-order valence-corrected chi connectivity index (χ4v) is 5.39. The van der Waals surface area contributed by atoms with Crippen molar-refractivity contribution in [1.82, 2.24) is 0 Å². The summed E-state index contributed by atoms with van der Waals surface area (Å²) in [6.07, 6.45) is 0. The molecule has 0 aliphatic carbocycles. The first kappa shape index (κ1) is 16.7. The molecule has 0 saturated carbocycles. The first-order valence-corrected chi connectivity index (χ1v) is 10.4. The van der Waals surface area contributed by atoms with Crippen LogP contribution in [0.5, 0.6) is 11.5 Å². The van der Waals surface area contributed by atoms with E-state index >= 15 is 0 Å². The van der Waals surface area contributed by atoms with Crippen LogP contribution in [0.2, 0.25) is 0 Å². The number of benzene rings is 5. The fourth-order valence-electron chi connectivity index (χ4n) is 5.39. The van der Waals surface area contributed by atoms with Gasteiger partial charge in [-0.15, -0.1) is 0 Å². The number of hydrogen-bond acceptors (Lipinski definition) is 2. The highest BCUT2D eigenvalue weighted by Crippen LogP contribution is 2.59. The van der Waals surface area contributed by atoms with Gasteiger partial charge in [0.15, 0.2) is 0 Å². The van der Waals surface area contributed by atoms with Crippen molar-refractivity contribution in [3.8, 4) is 11.5 Å². The number of nitrogens with one attached hydrogen (secondary N) is 1. The van der Waals surface area contributed by atoms with Gasteiger partial charge >= 0.3 is 0 Å². The standard InChI is InChI=1S/C28H17NO2/c30-27-28(21-11-5-6-12-23(21)29-27)22-15-13-18-8-2-4-10-20(18)26(22)31-24-16-14-17-7-1-3-9-19(17)25(24)28/h1-16H,(H,29,30)/t28-/m0/s1. The molecule has 5 aromatic carbocycles. The van der Waals surface area contributed by atoms with Gasteiger partial charge in [-0.1, -0.05) is 84.9 Å². The number of amides is 1. The van der Waals surface area contributed by atoms with Crippen LogP contribution in [0.25, 0.3) is 21.5 Å². The van der Waals surface area contributed by atoms with Crippen LogP contribution in [0.3, 0.4) is 0 Å². The van der Waals surface area contributed by atoms with E-state index in [-0.39, 0.29) is 5.91 Å². The van der Waals surface area contributed by atoms with E-state index in [1.54, 1.807) is 0 Å². The maximum atomic E-state index is 13.9. The quantitative estimate of drug-likeness (QED) is 0.328. The van der Waals surface area contributed by atoms with Crippen molar-refractivity contribution in [3.05, 3.63) is 114 Å². The molecule has 1 amide bonds. The highest BCUT2D eigenvalue weighted by molar-refractivity contribution is 6.16. The third-order valence-corrected chi connectivity index (χ3v) is 6.68. The predicted octanol–water partition coefficient (Wildman–Crippen LogP) is 6.39. The van der Waals surface area contributed by atoms with Gasteiger partial charge in [0.25, 0.3) is 0 Å². The lowest BCUT2D eigenvalue weighted by Crippen LogP contribution is -2.39. The van der Waals surface area contributed by atoms with E-state index < -0.39 is 5.41 Å². The summed E-state index contributed by atoms with van der Waals surface area (Å²) in [5.41, 5.74) is 2.66. The number of fused-ring (bicyclic) bond motifs is 10. The monoisotopic (exact) mass is 399 g/mol. The molecule has 0 fully saturated rings. The molecular formula is C28H17NO2. The smallest absolute Gasteiger partial charge is 0.244 e. The Morgan fingerprint density at radius 1 is 0.645 bits per heavy atom. The van der Waals surface area contributed by atoms with Crippen LogP contribution in [0.1, 0.15) is 16.7 Å². The minimum absolute atomic E-state index is 0.0360. The number of anilines is 1. The molecule has 1 N–H and O–H groups in total. The lowest BCUT2D eigenvalue weighted by molar-refractivity contribution is -0.118. The predicted molar refractivity (Wildman–Crippen MR) is 123 cm³/mol. The number of carbonyl (C=O) groups is 1. The summed E-state index contributed by atoms with van der Waals surface area (Å²) in [6.45, 7) is 0. The van der Waals surface area contributed by atoms with Gasteiger partial charge in [0, 0.05) is 27.8 Å². The molecule has 5 aromatic rings. The zero-order valence-corrected chi connectivity index (χ0v) is 16.6. The molecule has 7 rings (SSSR count). The first-order valence-electron chi connectivity index (χ1n) is 10.4. The Balaban J connectivity index is 1.72. The van der Waals surface area contributed by atoms with E-state index in [0.29, 0.717) is 0 Å². The number of ether oxygens (including phenoxy) is 1. The number of hydrogen-bond donors (Lipinski definition) is 1. The Morgan fingerprint density at radius 3 is 2.19 bits per heavy atom. The van der Waals surface area contributed by atoms with Gasteiger partial charge in [0.05, 0.1) is 0 Å². The van der Waals surface area contributed by atoms with Crippen LogP contribution in [0.4, 0.5) is 5.69 Å². The SMILES string of the molecule is O=C1Nc2ccccc2[C@@]12c1ccc3ccccc3c1Oc1ccc3ccccc3c12. The summed E-state index contributed by atoms with van der Waals surface area (Å²) >= 11 is 0. The van der Waals surface area contributed by atoms with Crippen molar-refractivity contribution in [2.75, 3.05) is 5.32 Å². The topological polar surface area (TPSA) is 38.3 Å². The molecular weight excluding hydrogens is 382 g/mol. The van der Waals surface area contributed by atoms with Crippen molar-refractivity contribution in [2.45, 2.75) is 5.41 Å². The molecule has 1 spiro atoms. The fraction of sp³-hybridized carbons (Fsp3) is 0.0357. The van der Waals surface area contributed by atoms with E-state index in [2.05, 4.69) is 53.8 Å². The van der Waals surface area contributed by atoms with Crippen LogP contribution in [-0.4, -0.2) is 5.91 Å². The Labute approximate surface area is 178 Å². The van der Waals surface area contributed by atoms with Crippen LogP contribution >= 0.6 is 0 Å². The van der Waals surface area contributed by atoms with E-state index in [1.807, 2.05) is 48.5 Å². The highest BCUT2D eigenvalue weighted by atomic mass is 16.5. The van der Waals surface area contributed by atoms with Crippen molar-refractivity contribution in [1.29, 1.82) is 0 Å². The Bertz CT molecular complexity index is 1570. The van der Waals surface area contributed by atoms with Crippen molar-refractivity contribution in [3.63, 3.8) is 0 Å². The van der Waals surface area contributed by atoms with Gasteiger partial charge in [-0.3, -0.25) is 4.79 Å². The largest absolute Gasteiger partial charge is 0.456 e. The van der Waals surface area contributed by atoms with E-state index in [0.717, 1.165) is 55.4 Å². The zero-order valence-electron chi connectivity index (χ0n) is 16.6. The van der Waals surface area contributed by atoms with Crippen LogP contribution in [-0.2, 0) is 10.2 Å². The van der Waals surface area contributed by atoms with E-state index in [4.69, 9.17) is 4.74 Å². The molecule has 1 atom stereocenters. The number of rotatable bonds is 0. The van der Waals surface area contributed by atoms with Crippen LogP contribution in [0.15, 0.2) is 97.1 Å². The second-order valence-electron chi connectivity index (χ2n) is 8.17. The Kier molecular flexibility index (Phi) is 3.08. The van der Waals surface area contributed by atoms with Crippen LogP contribution in [0, 0.1) is 0 Å². The maximum absolute atomic E-state index is 13.9. The van der Waals surface area contributed by atoms with E-state index in [1.165, 1.54) is 0 Å². The molecule has 0 saturated heterocycles. The Hall–Kier alpha value is -4.11. The summed E-state index contributed by atoms with van der Waals surface area (Å²) in [5.74, 6) is 1.45. The lowest BCUT2D eigenvalue weighted by atomic mass is 9.67. The maximum Gasteiger partial charge on any atom is 0.244 e. The van der Waals surface area contributed by atoms with Crippen molar-refractivity contribution >= 4 is 33.1 Å². The molecule has 31 heavy (non-hydrogen) atoms. The second-order valence-corrected chi connectivity index (χ2v) is 8.17. The number of para-hydroxylation sites is 1. The summed E-state index contributed by atoms with van der Waals surface area (Å²) in [5, 5.41) is 7.38. The summed E-state index contributed by atoms with van der Waals surface area (Å²) in [7, 11) is 0. The molecule has 0 aromatic heterocycles. The first-order chi connectivity index (χ1) is 15.3. The lowest BCUT2D eigenvalue weighted by Gasteiger charge is -2.37. The highest BCUT2D eigenvalue weighted by Gasteiger charge is 2.55. The minimum Gasteiger partial charge on any atom is -0.456 e. The molecule has 0 bridgehead atoms. The average Bonchev–Trinajstić information content (AvgIpc) is 3.11. The Morgan fingerprint density at radius 2 is 1.32 bits per heavy atom. The van der Waals surface area contributed by atoms with Gasteiger partial charge in [-0.2, -0.15) is 0 Å². The van der Waals surface area contributed by atoms with Gasteiger partial charge in [0.1, 0.15) is 16.9 Å². The third-order valence-electron chi connectivity index (χ3n) is 6.68. The zero-order chi connectivity index (χ0) is 20.6. The van der Waals surface area contributed by atoms with Crippen molar-refractivity contribution in [2.24, 2.45) is 0 Å². The van der Waals surface area contributed by atoms with Gasteiger partial charge in [0.2, 0.25) is 5.91 Å². The van der Waals surface area contributed by atoms with Gasteiger partial charge < -0.3 is 10.1 Å². The summed E-state index contributed by atoms with van der Waals surface area (Å²) in [6, 6.07) is 32.6. The average molecular weight is 399 g/mol. The molecule has 146 valence electrons. The van der Waals surface area contributed by atoms with Gasteiger partial charge in [-0.05, 0) is 28.3 Å². The molecule has 0 unspecified atom stereocenters. The minimum atomic E-state index is -0.968. The second kappa shape index (κ2) is 5.73. The molecule has 2 heterocycles. The molecule has 2 aliphatic rings. The van der Waals surface area contributed by atoms with Crippen molar-refractivity contribution < 1.29 is 9.53 Å². The molecule has 3 nitrogen and oxygen atoms in total.